The Bertz CT molecular complexity index is 786. The van der Waals surface area contributed by atoms with Gasteiger partial charge in [-0.05, 0) is 29.8 Å². The van der Waals surface area contributed by atoms with E-state index in [-0.39, 0.29) is 28.0 Å². The minimum atomic E-state index is -0.0504. The Morgan fingerprint density at radius 3 is 1.88 bits per heavy atom. The smallest absolute Gasteiger partial charge is 0.141 e. The normalized spacial score (nSPS) is 9.88. The lowest BCUT2D eigenvalue weighted by Gasteiger charge is -2.08. The molecule has 0 atom stereocenters. The van der Waals surface area contributed by atoms with Gasteiger partial charge in [0.2, 0.25) is 0 Å². The second-order valence-electron chi connectivity index (χ2n) is 5.08. The number of aromatic hydroxyl groups is 4. The van der Waals surface area contributed by atoms with Gasteiger partial charge in [0.1, 0.15) is 23.0 Å². The molecule has 0 saturated carbocycles. The van der Waals surface area contributed by atoms with Crippen molar-refractivity contribution in [3.05, 3.63) is 82.9 Å². The minimum Gasteiger partial charge on any atom is -0.508 e. The van der Waals surface area contributed by atoms with Gasteiger partial charge >= 0.3 is 0 Å². The molecule has 0 unspecified atom stereocenters. The molecule has 4 N–H and O–H groups in total. The Hall–Kier alpha value is -2.85. The number of phenols is 4. The Balaban J connectivity index is 0.000000219. The molecule has 5 heteroatoms. The van der Waals surface area contributed by atoms with Crippen molar-refractivity contribution in [3.63, 3.8) is 0 Å². The van der Waals surface area contributed by atoms with Gasteiger partial charge in [-0.15, -0.1) is 0 Å². The Morgan fingerprint density at radius 2 is 1.33 bits per heavy atom. The summed E-state index contributed by atoms with van der Waals surface area (Å²) >= 11 is 5.79. The summed E-state index contributed by atoms with van der Waals surface area (Å²) in [5.74, 6) is 0.186. The first-order chi connectivity index (χ1) is 11.5. The van der Waals surface area contributed by atoms with Crippen LogP contribution < -0.4 is 0 Å². The zero-order chi connectivity index (χ0) is 17.5. The molecule has 3 rings (SSSR count). The van der Waals surface area contributed by atoms with Crippen molar-refractivity contribution in [2.75, 3.05) is 0 Å². The van der Waals surface area contributed by atoms with E-state index in [4.69, 9.17) is 21.8 Å². The topological polar surface area (TPSA) is 80.9 Å². The molecule has 0 aromatic heterocycles. The van der Waals surface area contributed by atoms with Crippen LogP contribution >= 0.6 is 11.6 Å². The van der Waals surface area contributed by atoms with E-state index in [0.29, 0.717) is 12.0 Å². The van der Waals surface area contributed by atoms with Crippen molar-refractivity contribution >= 4 is 11.6 Å². The van der Waals surface area contributed by atoms with Crippen molar-refractivity contribution < 1.29 is 20.4 Å². The molecule has 24 heavy (non-hydrogen) atoms. The highest BCUT2D eigenvalue weighted by Gasteiger charge is 2.11. The van der Waals surface area contributed by atoms with Crippen LogP contribution in [-0.4, -0.2) is 20.4 Å². The Kier molecular flexibility index (Phi) is 5.93. The maximum Gasteiger partial charge on any atom is 0.141 e. The monoisotopic (exact) mass is 344 g/mol. The third-order valence-corrected chi connectivity index (χ3v) is 3.57. The summed E-state index contributed by atoms with van der Waals surface area (Å²) in [6.07, 6.45) is 0.457. The molecular weight excluding hydrogens is 328 g/mol. The number of rotatable bonds is 2. The minimum absolute atomic E-state index is 0.0504. The molecule has 0 aliphatic carbocycles. The summed E-state index contributed by atoms with van der Waals surface area (Å²) in [5, 5.41) is 37.0. The summed E-state index contributed by atoms with van der Waals surface area (Å²) in [4.78, 5) is 0. The molecule has 0 bridgehead atoms. The molecule has 0 spiro atoms. The van der Waals surface area contributed by atoms with Crippen LogP contribution in [0.25, 0.3) is 0 Å². The van der Waals surface area contributed by atoms with Crippen LogP contribution in [0.4, 0.5) is 0 Å². The van der Waals surface area contributed by atoms with Crippen LogP contribution in [0, 0.1) is 0 Å². The average Bonchev–Trinajstić information content (AvgIpc) is 2.57. The van der Waals surface area contributed by atoms with E-state index in [9.17, 15) is 10.2 Å². The highest BCUT2D eigenvalue weighted by atomic mass is 35.5. The average molecular weight is 345 g/mol. The SMILES string of the molecule is Oc1ccc(Cl)c(O)c1Cc1ccccc1.Oc1cccc(O)c1. The molecule has 0 radical (unpaired) electrons. The first-order valence-corrected chi connectivity index (χ1v) is 7.56. The largest absolute Gasteiger partial charge is 0.508 e. The molecule has 3 aromatic rings. The lowest BCUT2D eigenvalue weighted by atomic mass is 10.0. The summed E-state index contributed by atoms with van der Waals surface area (Å²) in [5.41, 5.74) is 1.47. The first kappa shape index (κ1) is 17.5. The zero-order valence-electron chi connectivity index (χ0n) is 12.7. The van der Waals surface area contributed by atoms with Gasteiger partial charge in [0.05, 0.1) is 5.02 Å². The molecule has 0 amide bonds. The van der Waals surface area contributed by atoms with Crippen molar-refractivity contribution in [3.8, 4) is 23.0 Å². The summed E-state index contributed by atoms with van der Waals surface area (Å²) in [6.45, 7) is 0. The third kappa shape index (κ3) is 4.83. The summed E-state index contributed by atoms with van der Waals surface area (Å²) in [7, 11) is 0. The van der Waals surface area contributed by atoms with Gasteiger partial charge < -0.3 is 20.4 Å². The second kappa shape index (κ2) is 8.13. The molecule has 0 aliphatic rings. The number of hydrogen-bond donors (Lipinski definition) is 4. The zero-order valence-corrected chi connectivity index (χ0v) is 13.5. The van der Waals surface area contributed by atoms with E-state index in [1.54, 1.807) is 6.07 Å². The second-order valence-corrected chi connectivity index (χ2v) is 5.48. The van der Waals surface area contributed by atoms with Crippen LogP contribution in [-0.2, 0) is 6.42 Å². The van der Waals surface area contributed by atoms with E-state index in [1.807, 2.05) is 30.3 Å². The third-order valence-electron chi connectivity index (χ3n) is 3.26. The van der Waals surface area contributed by atoms with Gasteiger partial charge in [0.25, 0.3) is 0 Å². The fourth-order valence-corrected chi connectivity index (χ4v) is 2.24. The van der Waals surface area contributed by atoms with Gasteiger partial charge in [0.15, 0.2) is 0 Å². The van der Waals surface area contributed by atoms with E-state index < -0.39 is 0 Å². The van der Waals surface area contributed by atoms with Gasteiger partial charge in [-0.25, -0.2) is 0 Å². The quantitative estimate of drug-likeness (QED) is 0.554. The predicted molar refractivity (Wildman–Crippen MR) is 93.8 cm³/mol. The molecule has 0 saturated heterocycles. The first-order valence-electron chi connectivity index (χ1n) is 7.18. The Morgan fingerprint density at radius 1 is 0.708 bits per heavy atom. The molecule has 0 aliphatic heterocycles. The van der Waals surface area contributed by atoms with Crippen molar-refractivity contribution in [1.29, 1.82) is 0 Å². The van der Waals surface area contributed by atoms with Gasteiger partial charge in [-0.1, -0.05) is 48.0 Å². The van der Waals surface area contributed by atoms with Crippen LogP contribution in [0.5, 0.6) is 23.0 Å². The highest BCUT2D eigenvalue weighted by Crippen LogP contribution is 2.35. The van der Waals surface area contributed by atoms with Gasteiger partial charge in [-0.2, -0.15) is 0 Å². The number of hydrogen-bond acceptors (Lipinski definition) is 4. The van der Waals surface area contributed by atoms with Gasteiger partial charge in [-0.3, -0.25) is 0 Å². The Labute approximate surface area is 144 Å². The predicted octanol–water partition coefficient (Wildman–Crippen LogP) is 4.44. The van der Waals surface area contributed by atoms with Crippen LogP contribution in [0.15, 0.2) is 66.7 Å². The van der Waals surface area contributed by atoms with E-state index >= 15 is 0 Å². The molecule has 0 heterocycles. The molecule has 124 valence electrons. The standard InChI is InChI=1S/C13H11ClO2.C6H6O2/c14-11-6-7-12(15)10(13(11)16)8-9-4-2-1-3-5-9;7-5-2-1-3-6(8)4-5/h1-7,15-16H,8H2;1-4,7-8H. The van der Waals surface area contributed by atoms with Gasteiger partial charge in [0, 0.05) is 18.1 Å². The molecular formula is C19H17ClO4. The summed E-state index contributed by atoms with van der Waals surface area (Å²) < 4.78 is 0. The number of halogens is 1. The molecule has 4 nitrogen and oxygen atoms in total. The fourth-order valence-electron chi connectivity index (χ4n) is 2.06. The van der Waals surface area contributed by atoms with Crippen molar-refractivity contribution in [2.45, 2.75) is 6.42 Å². The fraction of sp³-hybridized carbons (Fsp3) is 0.0526. The van der Waals surface area contributed by atoms with Crippen molar-refractivity contribution in [1.82, 2.24) is 0 Å². The van der Waals surface area contributed by atoms with E-state index in [2.05, 4.69) is 0 Å². The maximum atomic E-state index is 9.75. The lowest BCUT2D eigenvalue weighted by Crippen LogP contribution is -1.90. The van der Waals surface area contributed by atoms with Crippen LogP contribution in [0.1, 0.15) is 11.1 Å². The molecule has 0 fully saturated rings. The lowest BCUT2D eigenvalue weighted by molar-refractivity contribution is 0.440. The number of phenolic OH excluding ortho intramolecular Hbond substituents is 4. The van der Waals surface area contributed by atoms with Crippen molar-refractivity contribution in [2.24, 2.45) is 0 Å². The molecule has 3 aromatic carbocycles. The highest BCUT2D eigenvalue weighted by molar-refractivity contribution is 6.32. The van der Waals surface area contributed by atoms with Crippen LogP contribution in [0.2, 0.25) is 5.02 Å². The van der Waals surface area contributed by atoms with E-state index in [0.717, 1.165) is 5.56 Å². The summed E-state index contributed by atoms with van der Waals surface area (Å²) in [6, 6.07) is 18.4. The maximum absolute atomic E-state index is 9.75. The number of benzene rings is 3. The van der Waals surface area contributed by atoms with E-state index in [1.165, 1.54) is 30.3 Å². The van der Waals surface area contributed by atoms with Crippen LogP contribution in [0.3, 0.4) is 0 Å².